The first-order chi connectivity index (χ1) is 16.4. The predicted molar refractivity (Wildman–Crippen MR) is 135 cm³/mol. The van der Waals surface area contributed by atoms with E-state index in [4.69, 9.17) is 9.84 Å². The quantitative estimate of drug-likeness (QED) is 0.446. The number of ether oxygens (including phenoxy) is 1. The van der Waals surface area contributed by atoms with Crippen LogP contribution in [0.4, 0.5) is 4.79 Å². The van der Waals surface area contributed by atoms with Crippen LogP contribution in [-0.2, 0) is 14.3 Å². The van der Waals surface area contributed by atoms with Gasteiger partial charge in [0.2, 0.25) is 5.91 Å². The van der Waals surface area contributed by atoms with Gasteiger partial charge in [0.1, 0.15) is 6.61 Å². The van der Waals surface area contributed by atoms with Crippen LogP contribution in [0.3, 0.4) is 0 Å². The SMILES string of the molecule is CC(CCC(=O)O)CNC(=O)C(C)(C)C(C)(C)NC(=O)OCC1c2ccccc2-c2ccccc21. The molecule has 2 aromatic carbocycles. The van der Waals surface area contributed by atoms with Crippen molar-refractivity contribution in [2.45, 2.75) is 58.9 Å². The fourth-order valence-corrected chi connectivity index (χ4v) is 4.29. The molecule has 188 valence electrons. The van der Waals surface area contributed by atoms with Gasteiger partial charge in [-0.3, -0.25) is 9.59 Å². The summed E-state index contributed by atoms with van der Waals surface area (Å²) in [6.07, 6.45) is -0.0280. The van der Waals surface area contributed by atoms with Crippen LogP contribution in [0.15, 0.2) is 48.5 Å². The Hall–Kier alpha value is -3.35. The van der Waals surface area contributed by atoms with Crippen molar-refractivity contribution in [3.8, 4) is 11.1 Å². The maximum atomic E-state index is 13.0. The van der Waals surface area contributed by atoms with Gasteiger partial charge >= 0.3 is 12.1 Å². The first kappa shape index (κ1) is 26.3. The van der Waals surface area contributed by atoms with Crippen molar-refractivity contribution in [3.63, 3.8) is 0 Å². The number of carboxylic acid groups (broad SMARTS) is 1. The molecule has 0 spiro atoms. The lowest BCUT2D eigenvalue weighted by molar-refractivity contribution is -0.137. The molecule has 35 heavy (non-hydrogen) atoms. The zero-order valence-electron chi connectivity index (χ0n) is 21.2. The Bertz CT molecular complexity index is 1050. The molecule has 1 aliphatic rings. The van der Waals surface area contributed by atoms with E-state index in [1.165, 1.54) is 0 Å². The minimum atomic E-state index is -0.939. The van der Waals surface area contributed by atoms with Crippen molar-refractivity contribution in [2.24, 2.45) is 11.3 Å². The molecule has 0 aliphatic heterocycles. The van der Waals surface area contributed by atoms with Gasteiger partial charge in [-0.15, -0.1) is 0 Å². The molecule has 0 heterocycles. The highest BCUT2D eigenvalue weighted by molar-refractivity contribution is 5.84. The molecule has 0 fully saturated rings. The number of carbonyl (C=O) groups is 3. The van der Waals surface area contributed by atoms with Crippen LogP contribution in [0, 0.1) is 11.3 Å². The van der Waals surface area contributed by atoms with Crippen LogP contribution < -0.4 is 10.6 Å². The second kappa shape index (κ2) is 10.5. The minimum Gasteiger partial charge on any atom is -0.481 e. The van der Waals surface area contributed by atoms with E-state index in [-0.39, 0.29) is 30.8 Å². The van der Waals surface area contributed by atoms with E-state index in [1.54, 1.807) is 27.7 Å². The lowest BCUT2D eigenvalue weighted by Gasteiger charge is -2.40. The van der Waals surface area contributed by atoms with Crippen LogP contribution >= 0.6 is 0 Å². The zero-order valence-corrected chi connectivity index (χ0v) is 21.2. The fraction of sp³-hybridized carbons (Fsp3) is 0.464. The summed E-state index contributed by atoms with van der Waals surface area (Å²) in [7, 11) is 0. The number of rotatable bonds is 10. The lowest BCUT2D eigenvalue weighted by Crippen LogP contribution is -2.59. The highest BCUT2D eigenvalue weighted by atomic mass is 16.5. The normalized spacial score (nSPS) is 14.0. The Labute approximate surface area is 207 Å². The fourth-order valence-electron chi connectivity index (χ4n) is 4.29. The Morgan fingerprint density at radius 2 is 1.51 bits per heavy atom. The summed E-state index contributed by atoms with van der Waals surface area (Å²) in [6.45, 7) is 9.60. The Balaban J connectivity index is 1.59. The van der Waals surface area contributed by atoms with Crippen LogP contribution in [0.5, 0.6) is 0 Å². The maximum Gasteiger partial charge on any atom is 0.407 e. The van der Waals surface area contributed by atoms with Gasteiger partial charge in [-0.05, 0) is 62.3 Å². The number of hydrogen-bond acceptors (Lipinski definition) is 4. The molecular formula is C28H36N2O5. The summed E-state index contributed by atoms with van der Waals surface area (Å²) in [5, 5.41) is 14.6. The van der Waals surface area contributed by atoms with Crippen molar-refractivity contribution in [1.29, 1.82) is 0 Å². The number of benzene rings is 2. The van der Waals surface area contributed by atoms with Crippen LogP contribution in [-0.4, -0.2) is 41.8 Å². The molecule has 7 heteroatoms. The lowest BCUT2D eigenvalue weighted by atomic mass is 9.73. The smallest absolute Gasteiger partial charge is 0.407 e. The van der Waals surface area contributed by atoms with E-state index >= 15 is 0 Å². The molecule has 0 saturated carbocycles. The van der Waals surface area contributed by atoms with Crippen LogP contribution in [0.2, 0.25) is 0 Å². The predicted octanol–water partition coefficient (Wildman–Crippen LogP) is 4.95. The van der Waals surface area contributed by atoms with Crippen molar-refractivity contribution < 1.29 is 24.2 Å². The number of hydrogen-bond donors (Lipinski definition) is 3. The Morgan fingerprint density at radius 1 is 0.971 bits per heavy atom. The molecule has 1 atom stereocenters. The Kier molecular flexibility index (Phi) is 7.88. The van der Waals surface area contributed by atoms with E-state index in [9.17, 15) is 14.4 Å². The zero-order chi connectivity index (χ0) is 25.8. The van der Waals surface area contributed by atoms with Gasteiger partial charge in [0.15, 0.2) is 0 Å². The van der Waals surface area contributed by atoms with Crippen molar-refractivity contribution in [1.82, 2.24) is 10.6 Å². The number of nitrogens with one attached hydrogen (secondary N) is 2. The Morgan fingerprint density at radius 3 is 2.06 bits per heavy atom. The first-order valence-electron chi connectivity index (χ1n) is 12.1. The van der Waals surface area contributed by atoms with Crippen molar-refractivity contribution >= 4 is 18.0 Å². The standard InChI is InChI=1S/C28H36N2O5/c1-18(14-15-24(31)32)16-29-25(33)27(2,3)28(4,5)30-26(34)35-17-23-21-12-8-6-10-19(21)20-11-7-9-13-22(20)23/h6-13,18,23H,14-17H2,1-5H3,(H,29,33)(H,30,34)(H,31,32). The maximum absolute atomic E-state index is 13.0. The molecule has 0 radical (unpaired) electrons. The molecule has 3 rings (SSSR count). The number of carbonyl (C=O) groups excluding carboxylic acids is 2. The van der Waals surface area contributed by atoms with Crippen LogP contribution in [0.1, 0.15) is 64.5 Å². The van der Waals surface area contributed by atoms with E-state index < -0.39 is 23.0 Å². The number of aliphatic carboxylic acids is 1. The third-order valence-electron chi connectivity index (χ3n) is 7.35. The molecule has 0 bridgehead atoms. The highest BCUT2D eigenvalue weighted by Crippen LogP contribution is 2.44. The number of amides is 2. The van der Waals surface area contributed by atoms with Gasteiger partial charge in [0.05, 0.1) is 11.0 Å². The number of carboxylic acids is 1. The van der Waals surface area contributed by atoms with E-state index in [2.05, 4.69) is 34.9 Å². The van der Waals surface area contributed by atoms with Gasteiger partial charge in [-0.1, -0.05) is 55.5 Å². The molecule has 0 aromatic heterocycles. The molecule has 0 saturated heterocycles. The molecule has 1 unspecified atom stereocenters. The summed E-state index contributed by atoms with van der Waals surface area (Å²) in [5.41, 5.74) is 2.75. The van der Waals surface area contributed by atoms with E-state index in [1.807, 2.05) is 31.2 Å². The van der Waals surface area contributed by atoms with E-state index in [0.717, 1.165) is 22.3 Å². The van der Waals surface area contributed by atoms with Gasteiger partial charge in [0, 0.05) is 18.9 Å². The average Bonchev–Trinajstić information content (AvgIpc) is 3.13. The first-order valence-corrected chi connectivity index (χ1v) is 12.1. The molecule has 2 aromatic rings. The monoisotopic (exact) mass is 480 g/mol. The molecule has 2 amide bonds. The van der Waals surface area contributed by atoms with Gasteiger partial charge in [-0.2, -0.15) is 0 Å². The number of alkyl carbamates (subject to hydrolysis) is 1. The number of fused-ring (bicyclic) bond motifs is 3. The van der Waals surface area contributed by atoms with Gasteiger partial charge in [-0.25, -0.2) is 4.79 Å². The van der Waals surface area contributed by atoms with Crippen molar-refractivity contribution in [3.05, 3.63) is 59.7 Å². The second-order valence-corrected chi connectivity index (χ2v) is 10.4. The molecule has 3 N–H and O–H groups in total. The third kappa shape index (κ3) is 5.84. The van der Waals surface area contributed by atoms with Crippen LogP contribution in [0.25, 0.3) is 11.1 Å². The van der Waals surface area contributed by atoms with E-state index in [0.29, 0.717) is 13.0 Å². The average molecular weight is 481 g/mol. The summed E-state index contributed by atoms with van der Waals surface area (Å²) in [6, 6.07) is 16.3. The summed E-state index contributed by atoms with van der Waals surface area (Å²) in [4.78, 5) is 36.5. The van der Waals surface area contributed by atoms with Gasteiger partial charge < -0.3 is 20.5 Å². The minimum absolute atomic E-state index is 0.0315. The molecule has 1 aliphatic carbocycles. The summed E-state index contributed by atoms with van der Waals surface area (Å²) < 4.78 is 5.67. The largest absolute Gasteiger partial charge is 0.481 e. The van der Waals surface area contributed by atoms with Gasteiger partial charge in [0.25, 0.3) is 0 Å². The van der Waals surface area contributed by atoms with Crippen molar-refractivity contribution in [2.75, 3.05) is 13.2 Å². The second-order valence-electron chi connectivity index (χ2n) is 10.4. The highest BCUT2D eigenvalue weighted by Gasteiger charge is 2.44. The third-order valence-corrected chi connectivity index (χ3v) is 7.35. The molecule has 7 nitrogen and oxygen atoms in total. The molecular weight excluding hydrogens is 444 g/mol. The summed E-state index contributed by atoms with van der Waals surface area (Å²) >= 11 is 0. The summed E-state index contributed by atoms with van der Waals surface area (Å²) in [5.74, 6) is -1.08. The topological polar surface area (TPSA) is 105 Å².